The van der Waals surface area contributed by atoms with Crippen LogP contribution in [0.15, 0.2) is 36.4 Å². The molecule has 2 rings (SSSR count). The first kappa shape index (κ1) is 14.9. The third kappa shape index (κ3) is 3.14. The van der Waals surface area contributed by atoms with Crippen LogP contribution in [0.2, 0.25) is 5.02 Å². The highest BCUT2D eigenvalue weighted by molar-refractivity contribution is 6.31. The van der Waals surface area contributed by atoms with Gasteiger partial charge in [0.1, 0.15) is 11.5 Å². The highest BCUT2D eigenvalue weighted by Crippen LogP contribution is 2.32. The van der Waals surface area contributed by atoms with E-state index in [0.717, 1.165) is 5.75 Å². The number of ether oxygens (including phenoxy) is 1. The molecule has 0 aliphatic carbocycles. The molecular weight excluding hydrogens is 272 g/mol. The summed E-state index contributed by atoms with van der Waals surface area (Å²) in [5, 5.41) is 9.90. The smallest absolute Gasteiger partial charge is 0.134 e. The Labute approximate surface area is 125 Å². The zero-order chi connectivity index (χ0) is 14.7. The standard InChI is InChI=1S/C17H19ClO2/c1-11(2)14-8-7-13(9-12(14)3)20-17-6-4-5-16(18)15(17)10-19/h4-9,11,19H,10H2,1-3H3. The second-order valence-corrected chi connectivity index (χ2v) is 5.56. The van der Waals surface area contributed by atoms with Gasteiger partial charge < -0.3 is 9.84 Å². The Hall–Kier alpha value is -1.51. The van der Waals surface area contributed by atoms with Crippen molar-refractivity contribution in [1.29, 1.82) is 0 Å². The van der Waals surface area contributed by atoms with Crippen LogP contribution in [-0.4, -0.2) is 5.11 Å². The van der Waals surface area contributed by atoms with Crippen LogP contribution in [-0.2, 0) is 6.61 Å². The highest BCUT2D eigenvalue weighted by atomic mass is 35.5. The zero-order valence-corrected chi connectivity index (χ0v) is 12.7. The Morgan fingerprint density at radius 3 is 2.55 bits per heavy atom. The molecule has 3 heteroatoms. The second-order valence-electron chi connectivity index (χ2n) is 5.15. The lowest BCUT2D eigenvalue weighted by molar-refractivity contribution is 0.276. The van der Waals surface area contributed by atoms with E-state index in [0.29, 0.717) is 22.3 Å². The molecule has 1 N–H and O–H groups in total. The lowest BCUT2D eigenvalue weighted by Crippen LogP contribution is -1.95. The third-order valence-electron chi connectivity index (χ3n) is 3.33. The molecule has 0 fully saturated rings. The van der Waals surface area contributed by atoms with Crippen molar-refractivity contribution < 1.29 is 9.84 Å². The van der Waals surface area contributed by atoms with Gasteiger partial charge in [0.05, 0.1) is 6.61 Å². The molecule has 0 aliphatic rings. The van der Waals surface area contributed by atoms with Crippen LogP contribution in [0.3, 0.4) is 0 Å². The summed E-state index contributed by atoms with van der Waals surface area (Å²) in [6.45, 7) is 6.28. The van der Waals surface area contributed by atoms with Gasteiger partial charge in [-0.05, 0) is 48.2 Å². The van der Waals surface area contributed by atoms with Crippen LogP contribution < -0.4 is 4.74 Å². The van der Waals surface area contributed by atoms with Gasteiger partial charge >= 0.3 is 0 Å². The van der Waals surface area contributed by atoms with Crippen LogP contribution in [0.5, 0.6) is 11.5 Å². The van der Waals surface area contributed by atoms with Gasteiger partial charge in [-0.15, -0.1) is 0 Å². The molecule has 2 nitrogen and oxygen atoms in total. The van der Waals surface area contributed by atoms with Crippen LogP contribution in [0, 0.1) is 6.92 Å². The van der Waals surface area contributed by atoms with Gasteiger partial charge in [-0.2, -0.15) is 0 Å². The fourth-order valence-electron chi connectivity index (χ4n) is 2.27. The Bertz CT molecular complexity index is 606. The first-order valence-electron chi connectivity index (χ1n) is 6.69. The minimum absolute atomic E-state index is 0.141. The lowest BCUT2D eigenvalue weighted by atomic mass is 9.98. The first-order chi connectivity index (χ1) is 9.52. The average molecular weight is 291 g/mol. The average Bonchev–Trinajstić information content (AvgIpc) is 2.38. The molecule has 0 radical (unpaired) electrons. The molecule has 106 valence electrons. The predicted molar refractivity (Wildman–Crippen MR) is 82.7 cm³/mol. The third-order valence-corrected chi connectivity index (χ3v) is 3.68. The van der Waals surface area contributed by atoms with E-state index in [1.54, 1.807) is 6.07 Å². The summed E-state index contributed by atoms with van der Waals surface area (Å²) < 4.78 is 5.85. The number of rotatable bonds is 4. The van der Waals surface area contributed by atoms with Gasteiger partial charge in [-0.3, -0.25) is 0 Å². The number of hydrogen-bond donors (Lipinski definition) is 1. The molecule has 2 aromatic rings. The fraction of sp³-hybridized carbons (Fsp3) is 0.294. The van der Waals surface area contributed by atoms with Crippen LogP contribution in [0.4, 0.5) is 0 Å². The van der Waals surface area contributed by atoms with Crippen molar-refractivity contribution in [3.05, 3.63) is 58.1 Å². The van der Waals surface area contributed by atoms with E-state index in [-0.39, 0.29) is 6.61 Å². The summed E-state index contributed by atoms with van der Waals surface area (Å²) in [7, 11) is 0. The van der Waals surface area contributed by atoms with Crippen LogP contribution in [0.25, 0.3) is 0 Å². The van der Waals surface area contributed by atoms with Crippen molar-refractivity contribution in [2.75, 3.05) is 0 Å². The molecule has 0 saturated heterocycles. The molecule has 0 aliphatic heterocycles. The highest BCUT2D eigenvalue weighted by Gasteiger charge is 2.10. The lowest BCUT2D eigenvalue weighted by Gasteiger charge is -2.14. The summed E-state index contributed by atoms with van der Waals surface area (Å²) >= 11 is 6.05. The number of hydrogen-bond acceptors (Lipinski definition) is 2. The minimum atomic E-state index is -0.141. The number of aryl methyl sites for hydroxylation is 1. The molecule has 0 amide bonds. The summed E-state index contributed by atoms with van der Waals surface area (Å²) in [4.78, 5) is 0. The topological polar surface area (TPSA) is 29.5 Å². The van der Waals surface area contributed by atoms with Crippen molar-refractivity contribution in [2.24, 2.45) is 0 Å². The Balaban J connectivity index is 2.31. The molecule has 0 bridgehead atoms. The summed E-state index contributed by atoms with van der Waals surface area (Å²) in [5.74, 6) is 1.84. The summed E-state index contributed by atoms with van der Waals surface area (Å²) in [6.07, 6.45) is 0. The Kier molecular flexibility index (Phi) is 4.69. The van der Waals surface area contributed by atoms with E-state index in [2.05, 4.69) is 26.8 Å². The maximum Gasteiger partial charge on any atom is 0.134 e. The molecular formula is C17H19ClO2. The fourth-order valence-corrected chi connectivity index (χ4v) is 2.50. The number of benzene rings is 2. The number of aliphatic hydroxyl groups excluding tert-OH is 1. The first-order valence-corrected chi connectivity index (χ1v) is 7.07. The van der Waals surface area contributed by atoms with Gasteiger partial charge in [0.2, 0.25) is 0 Å². The van der Waals surface area contributed by atoms with Crippen molar-refractivity contribution in [3.8, 4) is 11.5 Å². The molecule has 0 heterocycles. The quantitative estimate of drug-likeness (QED) is 0.853. The molecule has 0 saturated carbocycles. The van der Waals surface area contributed by atoms with E-state index >= 15 is 0 Å². The molecule has 2 aromatic carbocycles. The normalized spacial score (nSPS) is 10.9. The molecule has 20 heavy (non-hydrogen) atoms. The van der Waals surface area contributed by atoms with Gasteiger partial charge in [0.25, 0.3) is 0 Å². The largest absolute Gasteiger partial charge is 0.457 e. The van der Waals surface area contributed by atoms with E-state index in [1.165, 1.54) is 11.1 Å². The second kappa shape index (κ2) is 6.29. The minimum Gasteiger partial charge on any atom is -0.457 e. The monoisotopic (exact) mass is 290 g/mol. The summed E-state index contributed by atoms with van der Waals surface area (Å²) in [5.41, 5.74) is 3.12. The molecule has 0 spiro atoms. The van der Waals surface area contributed by atoms with Crippen molar-refractivity contribution in [1.82, 2.24) is 0 Å². The van der Waals surface area contributed by atoms with Crippen molar-refractivity contribution in [3.63, 3.8) is 0 Å². The number of aliphatic hydroxyl groups is 1. The summed E-state index contributed by atoms with van der Waals surface area (Å²) in [6, 6.07) is 11.4. The van der Waals surface area contributed by atoms with Gasteiger partial charge in [-0.25, -0.2) is 0 Å². The Morgan fingerprint density at radius 2 is 1.95 bits per heavy atom. The van der Waals surface area contributed by atoms with Gasteiger partial charge in [0, 0.05) is 10.6 Å². The van der Waals surface area contributed by atoms with Gasteiger partial charge in [-0.1, -0.05) is 37.6 Å². The van der Waals surface area contributed by atoms with Gasteiger partial charge in [0.15, 0.2) is 0 Å². The zero-order valence-electron chi connectivity index (χ0n) is 12.0. The van der Waals surface area contributed by atoms with E-state index < -0.39 is 0 Å². The Morgan fingerprint density at radius 1 is 1.20 bits per heavy atom. The molecule has 0 atom stereocenters. The predicted octanol–water partition coefficient (Wildman–Crippen LogP) is 5.06. The van der Waals surface area contributed by atoms with Crippen LogP contribution >= 0.6 is 11.6 Å². The van der Waals surface area contributed by atoms with Crippen LogP contribution in [0.1, 0.15) is 36.5 Å². The van der Waals surface area contributed by atoms with E-state index in [4.69, 9.17) is 16.3 Å². The number of halogens is 1. The van der Waals surface area contributed by atoms with Crippen molar-refractivity contribution in [2.45, 2.75) is 33.3 Å². The van der Waals surface area contributed by atoms with E-state index in [9.17, 15) is 5.11 Å². The maximum absolute atomic E-state index is 9.38. The maximum atomic E-state index is 9.38. The molecule has 0 unspecified atom stereocenters. The SMILES string of the molecule is Cc1cc(Oc2cccc(Cl)c2CO)ccc1C(C)C. The van der Waals surface area contributed by atoms with E-state index in [1.807, 2.05) is 24.3 Å². The molecule has 0 aromatic heterocycles. The van der Waals surface area contributed by atoms with Crippen molar-refractivity contribution >= 4 is 11.6 Å².